The fourth-order valence-corrected chi connectivity index (χ4v) is 2.41. The zero-order valence-electron chi connectivity index (χ0n) is 10.1. The molecule has 18 heavy (non-hydrogen) atoms. The molecule has 1 fully saturated rings. The number of amides is 1. The molecule has 94 valence electrons. The highest BCUT2D eigenvalue weighted by Gasteiger charge is 2.24. The summed E-state index contributed by atoms with van der Waals surface area (Å²) in [5, 5.41) is 3.92. The lowest BCUT2D eigenvalue weighted by Gasteiger charge is -2.01. The minimum atomic E-state index is -0.105. The lowest BCUT2D eigenvalue weighted by atomic mass is 10.1. The van der Waals surface area contributed by atoms with Crippen LogP contribution in [0.15, 0.2) is 27.1 Å². The van der Waals surface area contributed by atoms with Crippen molar-refractivity contribution in [2.24, 2.45) is 5.92 Å². The second-order valence-electron chi connectivity index (χ2n) is 4.85. The Morgan fingerprint density at radius 2 is 2.28 bits per heavy atom. The molecule has 1 saturated carbocycles. The lowest BCUT2D eigenvalue weighted by molar-refractivity contribution is 0.0925. The molecule has 0 atom stereocenters. The minimum absolute atomic E-state index is 0.105. The van der Waals surface area contributed by atoms with Gasteiger partial charge in [0.1, 0.15) is 5.58 Å². The molecule has 1 aliphatic rings. The molecule has 1 aromatic carbocycles. The van der Waals surface area contributed by atoms with Gasteiger partial charge < -0.3 is 9.73 Å². The highest BCUT2D eigenvalue weighted by Crippen LogP contribution is 2.29. The van der Waals surface area contributed by atoms with Crippen molar-refractivity contribution in [2.45, 2.75) is 19.8 Å². The number of hydrogen-bond donors (Lipinski definition) is 1. The molecule has 3 rings (SSSR count). The van der Waals surface area contributed by atoms with Crippen LogP contribution in [0.25, 0.3) is 11.0 Å². The molecule has 0 aliphatic heterocycles. The SMILES string of the molecule is Cc1c(C(=O)NCC2CC2)oc2ccc(Br)cc12. The second-order valence-corrected chi connectivity index (χ2v) is 5.77. The van der Waals surface area contributed by atoms with Gasteiger partial charge in [-0.25, -0.2) is 0 Å². The van der Waals surface area contributed by atoms with Gasteiger partial charge in [0, 0.05) is 22.0 Å². The zero-order valence-corrected chi connectivity index (χ0v) is 11.7. The number of carbonyl (C=O) groups is 1. The highest BCUT2D eigenvalue weighted by molar-refractivity contribution is 9.10. The van der Waals surface area contributed by atoms with E-state index in [4.69, 9.17) is 4.42 Å². The van der Waals surface area contributed by atoms with Gasteiger partial charge >= 0.3 is 0 Å². The molecule has 0 spiro atoms. The van der Waals surface area contributed by atoms with Gasteiger partial charge in [0.25, 0.3) is 5.91 Å². The van der Waals surface area contributed by atoms with Gasteiger partial charge in [0.05, 0.1) is 0 Å². The Bertz CT molecular complexity index is 614. The molecule has 1 N–H and O–H groups in total. The van der Waals surface area contributed by atoms with Crippen LogP contribution in [0.1, 0.15) is 29.0 Å². The topological polar surface area (TPSA) is 42.2 Å². The molecule has 0 radical (unpaired) electrons. The molecule has 1 aliphatic carbocycles. The van der Waals surface area contributed by atoms with Gasteiger partial charge in [0.15, 0.2) is 5.76 Å². The van der Waals surface area contributed by atoms with Crippen molar-refractivity contribution < 1.29 is 9.21 Å². The molecule has 1 amide bonds. The number of nitrogens with one attached hydrogen (secondary N) is 1. The van der Waals surface area contributed by atoms with Crippen molar-refractivity contribution in [1.82, 2.24) is 5.32 Å². The maximum Gasteiger partial charge on any atom is 0.287 e. The number of aryl methyl sites for hydroxylation is 1. The molecule has 1 heterocycles. The monoisotopic (exact) mass is 307 g/mol. The minimum Gasteiger partial charge on any atom is -0.451 e. The van der Waals surface area contributed by atoms with E-state index in [0.717, 1.165) is 27.6 Å². The van der Waals surface area contributed by atoms with Crippen LogP contribution in [-0.2, 0) is 0 Å². The van der Waals surface area contributed by atoms with Gasteiger partial charge in [-0.2, -0.15) is 0 Å². The third kappa shape index (κ3) is 2.17. The summed E-state index contributed by atoms with van der Waals surface area (Å²) in [5.41, 5.74) is 1.66. The molecular weight excluding hydrogens is 294 g/mol. The maximum absolute atomic E-state index is 12.0. The fraction of sp³-hybridized carbons (Fsp3) is 0.357. The fourth-order valence-electron chi connectivity index (χ4n) is 2.05. The highest BCUT2D eigenvalue weighted by atomic mass is 79.9. The van der Waals surface area contributed by atoms with Crippen molar-refractivity contribution in [3.63, 3.8) is 0 Å². The van der Waals surface area contributed by atoms with Crippen molar-refractivity contribution in [3.05, 3.63) is 34.0 Å². The van der Waals surface area contributed by atoms with E-state index < -0.39 is 0 Å². The average molecular weight is 308 g/mol. The molecule has 4 heteroatoms. The third-order valence-electron chi connectivity index (χ3n) is 3.35. The van der Waals surface area contributed by atoms with E-state index in [9.17, 15) is 4.79 Å². The quantitative estimate of drug-likeness (QED) is 0.940. The first kappa shape index (κ1) is 11.8. The third-order valence-corrected chi connectivity index (χ3v) is 3.85. The van der Waals surface area contributed by atoms with Gasteiger partial charge in [-0.3, -0.25) is 4.79 Å². The average Bonchev–Trinajstić information content (AvgIpc) is 3.12. The van der Waals surface area contributed by atoms with Crippen molar-refractivity contribution >= 4 is 32.8 Å². The Labute approximate surface area is 114 Å². The number of furan rings is 1. The predicted molar refractivity (Wildman–Crippen MR) is 73.7 cm³/mol. The summed E-state index contributed by atoms with van der Waals surface area (Å²) in [7, 11) is 0. The Morgan fingerprint density at radius 1 is 1.50 bits per heavy atom. The Morgan fingerprint density at radius 3 is 3.00 bits per heavy atom. The molecule has 0 bridgehead atoms. The summed E-state index contributed by atoms with van der Waals surface area (Å²) in [4.78, 5) is 12.0. The lowest BCUT2D eigenvalue weighted by Crippen LogP contribution is -2.25. The zero-order chi connectivity index (χ0) is 12.7. The molecule has 2 aromatic rings. The summed E-state index contributed by atoms with van der Waals surface area (Å²) in [5.74, 6) is 1.00. The van der Waals surface area contributed by atoms with Crippen LogP contribution in [-0.4, -0.2) is 12.5 Å². The Kier molecular flexibility index (Phi) is 2.90. The van der Waals surface area contributed by atoms with Crippen molar-refractivity contribution in [1.29, 1.82) is 0 Å². The van der Waals surface area contributed by atoms with Crippen LogP contribution in [0.3, 0.4) is 0 Å². The number of halogens is 1. The predicted octanol–water partition coefficient (Wildman–Crippen LogP) is 3.64. The number of hydrogen-bond acceptors (Lipinski definition) is 2. The number of fused-ring (bicyclic) bond motifs is 1. The molecule has 1 aromatic heterocycles. The van der Waals surface area contributed by atoms with E-state index >= 15 is 0 Å². The van der Waals surface area contributed by atoms with E-state index in [1.807, 2.05) is 25.1 Å². The normalized spacial score (nSPS) is 15.0. The first-order chi connectivity index (χ1) is 8.65. The summed E-state index contributed by atoms with van der Waals surface area (Å²) in [6.07, 6.45) is 2.46. The Balaban J connectivity index is 1.90. The first-order valence-electron chi connectivity index (χ1n) is 6.12. The van der Waals surface area contributed by atoms with Crippen LogP contribution in [0.2, 0.25) is 0 Å². The van der Waals surface area contributed by atoms with E-state index in [1.54, 1.807) is 0 Å². The van der Waals surface area contributed by atoms with Gasteiger partial charge in [-0.15, -0.1) is 0 Å². The smallest absolute Gasteiger partial charge is 0.287 e. The largest absolute Gasteiger partial charge is 0.451 e. The molecular formula is C14H14BrNO2. The van der Waals surface area contributed by atoms with Crippen LogP contribution in [0.4, 0.5) is 0 Å². The second kappa shape index (κ2) is 4.43. The number of benzene rings is 1. The van der Waals surface area contributed by atoms with Crippen LogP contribution >= 0.6 is 15.9 Å². The van der Waals surface area contributed by atoms with E-state index in [2.05, 4.69) is 21.2 Å². The van der Waals surface area contributed by atoms with Crippen molar-refractivity contribution in [3.8, 4) is 0 Å². The maximum atomic E-state index is 12.0. The first-order valence-corrected chi connectivity index (χ1v) is 6.91. The summed E-state index contributed by atoms with van der Waals surface area (Å²) in [6, 6.07) is 5.77. The van der Waals surface area contributed by atoms with Crippen molar-refractivity contribution in [2.75, 3.05) is 6.54 Å². The van der Waals surface area contributed by atoms with Gasteiger partial charge in [-0.05, 0) is 43.9 Å². The van der Waals surface area contributed by atoms with E-state index in [0.29, 0.717) is 11.7 Å². The number of rotatable bonds is 3. The summed E-state index contributed by atoms with van der Waals surface area (Å²) in [6.45, 7) is 2.68. The molecule has 3 nitrogen and oxygen atoms in total. The molecule has 0 saturated heterocycles. The van der Waals surface area contributed by atoms with Crippen LogP contribution in [0, 0.1) is 12.8 Å². The summed E-state index contributed by atoms with van der Waals surface area (Å²) >= 11 is 3.43. The van der Waals surface area contributed by atoms with Gasteiger partial charge in [0.2, 0.25) is 0 Å². The molecule has 0 unspecified atom stereocenters. The van der Waals surface area contributed by atoms with Crippen LogP contribution in [0.5, 0.6) is 0 Å². The van der Waals surface area contributed by atoms with E-state index in [-0.39, 0.29) is 5.91 Å². The Hall–Kier alpha value is -1.29. The number of carbonyl (C=O) groups excluding carboxylic acids is 1. The van der Waals surface area contributed by atoms with Gasteiger partial charge in [-0.1, -0.05) is 15.9 Å². The van der Waals surface area contributed by atoms with E-state index in [1.165, 1.54) is 12.8 Å². The van der Waals surface area contributed by atoms with Crippen LogP contribution < -0.4 is 5.32 Å². The standard InChI is InChI=1S/C14H14BrNO2/c1-8-11-6-10(15)4-5-12(11)18-13(8)14(17)16-7-9-2-3-9/h4-6,9H,2-3,7H2,1H3,(H,16,17). The summed E-state index contributed by atoms with van der Waals surface area (Å²) < 4.78 is 6.63.